The lowest BCUT2D eigenvalue weighted by molar-refractivity contribution is 0.145. The van der Waals surface area contributed by atoms with Crippen LogP contribution in [0.4, 0.5) is 20.6 Å². The summed E-state index contributed by atoms with van der Waals surface area (Å²) in [6.45, 7) is 14.0. The van der Waals surface area contributed by atoms with Gasteiger partial charge in [-0.15, -0.1) is 0 Å². The monoisotopic (exact) mass is 654 g/mol. The topological polar surface area (TPSA) is 91.3 Å². The fraction of sp³-hybridized carbons (Fsp3) is 0.543. The Bertz CT molecular complexity index is 1400. The molecule has 2 aliphatic rings. The van der Waals surface area contributed by atoms with Gasteiger partial charge in [0.1, 0.15) is 11.5 Å². The van der Waals surface area contributed by atoms with Gasteiger partial charge in [-0.3, -0.25) is 4.90 Å². The predicted molar refractivity (Wildman–Crippen MR) is 184 cm³/mol. The molecule has 0 saturated carbocycles. The van der Waals surface area contributed by atoms with Crippen LogP contribution in [0.25, 0.3) is 0 Å². The summed E-state index contributed by atoms with van der Waals surface area (Å²) >= 11 is 0. The maximum absolute atomic E-state index is 15.2. The Morgan fingerprint density at radius 2 is 1.83 bits per heavy atom. The Kier molecular flexibility index (Phi) is 12.7. The molecular formula is C35H51FN6O5. The zero-order valence-corrected chi connectivity index (χ0v) is 28.9. The van der Waals surface area contributed by atoms with Gasteiger partial charge < -0.3 is 39.0 Å². The van der Waals surface area contributed by atoms with Crippen molar-refractivity contribution in [1.29, 1.82) is 0 Å². The Balaban J connectivity index is 1.45. The van der Waals surface area contributed by atoms with Crippen LogP contribution in [0.1, 0.15) is 47.0 Å². The first kappa shape index (κ1) is 35.8. The normalized spacial score (nSPS) is 18.6. The number of nitrogens with zero attached hydrogens (tertiary/aromatic N) is 5. The van der Waals surface area contributed by atoms with Gasteiger partial charge in [0.25, 0.3) is 0 Å². The number of ether oxygens (including phenoxy) is 4. The van der Waals surface area contributed by atoms with Crippen LogP contribution < -0.4 is 24.4 Å². The first-order valence-electron chi connectivity index (χ1n) is 16.5. The Morgan fingerprint density at radius 1 is 1.06 bits per heavy atom. The quantitative estimate of drug-likeness (QED) is 0.246. The van der Waals surface area contributed by atoms with E-state index in [9.17, 15) is 4.79 Å². The van der Waals surface area contributed by atoms with Crippen molar-refractivity contribution in [2.24, 2.45) is 4.99 Å². The highest BCUT2D eigenvalue weighted by Crippen LogP contribution is 2.34. The highest BCUT2D eigenvalue weighted by Gasteiger charge is 2.36. The summed E-state index contributed by atoms with van der Waals surface area (Å²) in [6.07, 6.45) is 5.36. The minimum atomic E-state index is -1.08. The van der Waals surface area contributed by atoms with Gasteiger partial charge in [0.05, 0.1) is 26.5 Å². The number of benzene rings is 2. The first-order valence-corrected chi connectivity index (χ1v) is 16.5. The van der Waals surface area contributed by atoms with Crippen molar-refractivity contribution in [3.63, 3.8) is 0 Å². The molecule has 1 unspecified atom stereocenters. The molecular weight excluding hydrogens is 603 g/mol. The summed E-state index contributed by atoms with van der Waals surface area (Å²) in [4.78, 5) is 26.7. The number of unbranched alkanes of at least 4 members (excludes halogenated alkanes) is 1. The van der Waals surface area contributed by atoms with E-state index in [0.717, 1.165) is 52.0 Å². The number of likely N-dealkylation sites (N-methyl/N-ethyl adjacent to an activating group) is 1. The van der Waals surface area contributed by atoms with Gasteiger partial charge in [-0.25, -0.2) is 14.2 Å². The van der Waals surface area contributed by atoms with Crippen LogP contribution in [-0.2, 0) is 4.74 Å². The average Bonchev–Trinajstić information content (AvgIpc) is 3.04. The van der Waals surface area contributed by atoms with Gasteiger partial charge in [-0.05, 0) is 64.9 Å². The van der Waals surface area contributed by atoms with Crippen LogP contribution in [0.3, 0.4) is 0 Å². The summed E-state index contributed by atoms with van der Waals surface area (Å²) in [5.74, 6) is -0.111. The third kappa shape index (κ3) is 9.51. The molecule has 1 fully saturated rings. The molecule has 0 bridgehead atoms. The lowest BCUT2D eigenvalue weighted by Crippen LogP contribution is -2.53. The molecule has 258 valence electrons. The summed E-state index contributed by atoms with van der Waals surface area (Å²) in [7, 11) is 5.26. The molecule has 1 atom stereocenters. The molecule has 2 aromatic rings. The fourth-order valence-electron chi connectivity index (χ4n) is 5.71. The molecule has 11 nitrogen and oxygen atoms in total. The number of carbonyl (C=O) groups is 1. The molecule has 0 aromatic heterocycles. The van der Waals surface area contributed by atoms with Gasteiger partial charge in [-0.2, -0.15) is 0 Å². The van der Waals surface area contributed by atoms with Crippen LogP contribution in [0.5, 0.6) is 17.2 Å². The van der Waals surface area contributed by atoms with E-state index >= 15 is 4.39 Å². The van der Waals surface area contributed by atoms with Crippen molar-refractivity contribution in [2.75, 3.05) is 77.4 Å². The number of carbonyl (C=O) groups excluding carboxylic acids is 1. The lowest BCUT2D eigenvalue weighted by atomic mass is 10.2. The predicted octanol–water partition coefficient (Wildman–Crippen LogP) is 6.02. The van der Waals surface area contributed by atoms with E-state index in [0.29, 0.717) is 36.0 Å². The van der Waals surface area contributed by atoms with E-state index < -0.39 is 17.7 Å². The van der Waals surface area contributed by atoms with Gasteiger partial charge in [0, 0.05) is 75.4 Å². The van der Waals surface area contributed by atoms with E-state index in [4.69, 9.17) is 23.9 Å². The minimum Gasteiger partial charge on any atom is -0.497 e. The van der Waals surface area contributed by atoms with Crippen molar-refractivity contribution in [2.45, 2.75) is 58.8 Å². The van der Waals surface area contributed by atoms with Gasteiger partial charge >= 0.3 is 6.09 Å². The number of hydrogen-bond donors (Lipinski definition) is 1. The number of anilines is 2. The smallest absolute Gasteiger partial charge is 0.421 e. The van der Waals surface area contributed by atoms with Crippen LogP contribution in [0.2, 0.25) is 0 Å². The second kappa shape index (κ2) is 16.7. The molecule has 4 rings (SSSR count). The molecule has 0 aliphatic carbocycles. The van der Waals surface area contributed by atoms with Crippen molar-refractivity contribution >= 4 is 23.4 Å². The standard InChI is InChI=1S/C35H51FN6O5/c1-8-9-17-41(30-13-12-28(44-6)25-32(30)45-7)34(43)47-33-15-18-42(26(2)3)35(4,38-33)37-27-11-14-31(29(36)24-27)46-23-10-16-40-21-19-39(5)20-22-40/h11-15,18,24-26,37H,8-10,16-17,19-23H2,1-7H3. The number of piperazine rings is 1. The number of nitrogens with one attached hydrogen (secondary N) is 1. The number of hydrogen-bond acceptors (Lipinski definition) is 10. The molecule has 2 heterocycles. The molecule has 0 radical (unpaired) electrons. The van der Waals surface area contributed by atoms with Gasteiger partial charge in [0.2, 0.25) is 11.7 Å². The van der Waals surface area contributed by atoms with Crippen LogP contribution >= 0.6 is 0 Å². The van der Waals surface area contributed by atoms with Crippen LogP contribution in [0, 0.1) is 5.82 Å². The van der Waals surface area contributed by atoms with Crippen molar-refractivity contribution < 1.29 is 28.1 Å². The van der Waals surface area contributed by atoms with Crippen molar-refractivity contribution in [1.82, 2.24) is 14.7 Å². The highest BCUT2D eigenvalue weighted by molar-refractivity contribution is 6.02. The van der Waals surface area contributed by atoms with E-state index in [1.165, 1.54) is 11.0 Å². The SMILES string of the molecule is CCCCN(C(=O)OC1=NC(C)(Nc2ccc(OCCCN3CCN(C)CC3)c(F)c2)N(C(C)C)C=C1)c1ccc(OC)cc1OC. The molecule has 47 heavy (non-hydrogen) atoms. The Morgan fingerprint density at radius 3 is 2.49 bits per heavy atom. The van der Waals surface area contributed by atoms with Gasteiger partial charge in [-0.1, -0.05) is 13.3 Å². The second-order valence-corrected chi connectivity index (χ2v) is 12.3. The van der Waals surface area contributed by atoms with Crippen LogP contribution in [0.15, 0.2) is 53.7 Å². The molecule has 1 N–H and O–H groups in total. The average molecular weight is 655 g/mol. The summed E-state index contributed by atoms with van der Waals surface area (Å²) in [5.41, 5.74) is 1.08. The number of amides is 1. The van der Waals surface area contributed by atoms with E-state index in [1.807, 2.05) is 31.9 Å². The summed E-state index contributed by atoms with van der Waals surface area (Å²) in [5, 5.41) is 3.34. The Labute approximate surface area is 278 Å². The molecule has 12 heteroatoms. The lowest BCUT2D eigenvalue weighted by Gasteiger charge is -2.43. The van der Waals surface area contributed by atoms with Crippen molar-refractivity contribution in [3.05, 3.63) is 54.5 Å². The molecule has 0 spiro atoms. The number of halogens is 1. The Hall–Kier alpha value is -4.03. The second-order valence-electron chi connectivity index (χ2n) is 12.3. The maximum atomic E-state index is 15.2. The molecule has 1 saturated heterocycles. The molecule has 1 amide bonds. The third-order valence-electron chi connectivity index (χ3n) is 8.38. The fourth-order valence-corrected chi connectivity index (χ4v) is 5.71. The van der Waals surface area contributed by atoms with Crippen molar-refractivity contribution in [3.8, 4) is 17.2 Å². The highest BCUT2D eigenvalue weighted by atomic mass is 19.1. The number of methoxy groups -OCH3 is 2. The van der Waals surface area contributed by atoms with E-state index in [2.05, 4.69) is 29.1 Å². The molecule has 2 aliphatic heterocycles. The summed E-state index contributed by atoms with van der Waals surface area (Å²) < 4.78 is 37.7. The number of rotatable bonds is 14. The zero-order valence-electron chi connectivity index (χ0n) is 28.9. The maximum Gasteiger partial charge on any atom is 0.421 e. The van der Waals surface area contributed by atoms with E-state index in [-0.39, 0.29) is 17.7 Å². The third-order valence-corrected chi connectivity index (χ3v) is 8.38. The van der Waals surface area contributed by atoms with Gasteiger partial charge in [0.15, 0.2) is 11.6 Å². The first-order chi connectivity index (χ1) is 22.6. The zero-order chi connectivity index (χ0) is 34.0. The molecule has 2 aromatic carbocycles. The largest absolute Gasteiger partial charge is 0.497 e. The number of aliphatic imine (C=N–C) groups is 1. The minimum absolute atomic E-state index is 0.0297. The van der Waals surface area contributed by atoms with E-state index in [1.54, 1.807) is 50.6 Å². The summed E-state index contributed by atoms with van der Waals surface area (Å²) in [6, 6.07) is 10.1. The van der Waals surface area contributed by atoms with Crippen LogP contribution in [-0.4, -0.2) is 106 Å².